The Kier molecular flexibility index (Phi) is 4.05. The minimum absolute atomic E-state index is 0.137. The smallest absolute Gasteiger partial charge is 0.264 e. The molecule has 0 bridgehead atoms. The largest absolute Gasteiger partial charge is 0.335 e. The lowest BCUT2D eigenvalue weighted by molar-refractivity contribution is 0.0748. The highest BCUT2D eigenvalue weighted by atomic mass is 32.1. The minimum Gasteiger partial charge on any atom is -0.335 e. The number of hydrogen-bond donors (Lipinski definition) is 1. The van der Waals surface area contributed by atoms with Gasteiger partial charge in [0.1, 0.15) is 0 Å². The maximum atomic E-state index is 12.4. The molecular formula is C14H18N2OS. The lowest BCUT2D eigenvalue weighted by Crippen LogP contribution is -2.33. The summed E-state index contributed by atoms with van der Waals surface area (Å²) in [7, 11) is 0. The molecule has 2 unspecified atom stereocenters. The molecule has 0 saturated carbocycles. The molecule has 0 aromatic carbocycles. The first-order chi connectivity index (χ1) is 8.61. The maximum Gasteiger partial charge on any atom is 0.264 e. The van der Waals surface area contributed by atoms with E-state index in [4.69, 9.17) is 5.73 Å². The van der Waals surface area contributed by atoms with Crippen LogP contribution in [-0.2, 0) is 0 Å². The lowest BCUT2D eigenvalue weighted by atomic mass is 10.1. The van der Waals surface area contributed by atoms with Crippen molar-refractivity contribution in [2.24, 2.45) is 11.7 Å². The van der Waals surface area contributed by atoms with Crippen LogP contribution in [0.15, 0.2) is 12.1 Å². The van der Waals surface area contributed by atoms with E-state index in [1.807, 2.05) is 17.0 Å². The summed E-state index contributed by atoms with van der Waals surface area (Å²) in [6.45, 7) is 5.52. The number of amides is 1. The van der Waals surface area contributed by atoms with Crippen molar-refractivity contribution in [3.8, 4) is 11.8 Å². The van der Waals surface area contributed by atoms with E-state index >= 15 is 0 Å². The quantitative estimate of drug-likeness (QED) is 0.786. The molecule has 2 N–H and O–H groups in total. The van der Waals surface area contributed by atoms with Gasteiger partial charge in [-0.15, -0.1) is 11.3 Å². The zero-order valence-electron chi connectivity index (χ0n) is 10.8. The van der Waals surface area contributed by atoms with E-state index in [-0.39, 0.29) is 5.91 Å². The first-order valence-corrected chi connectivity index (χ1v) is 7.03. The second kappa shape index (κ2) is 5.55. The number of carbonyl (C=O) groups excluding carboxylic acids is 1. The molecule has 1 aromatic heterocycles. The summed E-state index contributed by atoms with van der Waals surface area (Å²) in [5.74, 6) is 6.50. The highest BCUT2D eigenvalue weighted by Gasteiger charge is 2.30. The first-order valence-electron chi connectivity index (χ1n) is 6.21. The van der Waals surface area contributed by atoms with Gasteiger partial charge in [-0.1, -0.05) is 18.8 Å². The predicted octanol–water partition coefficient (Wildman–Crippen LogP) is 1.93. The number of rotatable bonds is 1. The van der Waals surface area contributed by atoms with Crippen molar-refractivity contribution in [1.82, 2.24) is 4.90 Å². The van der Waals surface area contributed by atoms with Gasteiger partial charge in [0.2, 0.25) is 0 Å². The Labute approximate surface area is 112 Å². The first kappa shape index (κ1) is 13.1. The summed E-state index contributed by atoms with van der Waals surface area (Å²) in [5.41, 5.74) is 5.33. The number of hydrogen-bond acceptors (Lipinski definition) is 3. The van der Waals surface area contributed by atoms with Crippen LogP contribution < -0.4 is 5.73 Å². The summed E-state index contributed by atoms with van der Waals surface area (Å²) < 4.78 is 0. The van der Waals surface area contributed by atoms with Crippen molar-refractivity contribution in [3.63, 3.8) is 0 Å². The topological polar surface area (TPSA) is 46.3 Å². The van der Waals surface area contributed by atoms with Crippen molar-refractivity contribution in [3.05, 3.63) is 21.9 Å². The molecule has 18 heavy (non-hydrogen) atoms. The van der Waals surface area contributed by atoms with Gasteiger partial charge < -0.3 is 10.6 Å². The molecule has 1 amide bonds. The molecule has 1 aromatic rings. The van der Waals surface area contributed by atoms with Gasteiger partial charge in [0.25, 0.3) is 5.91 Å². The van der Waals surface area contributed by atoms with Gasteiger partial charge in [0.15, 0.2) is 0 Å². The van der Waals surface area contributed by atoms with Crippen molar-refractivity contribution in [1.29, 1.82) is 0 Å². The Morgan fingerprint density at radius 2 is 2.33 bits per heavy atom. The molecule has 2 atom stereocenters. The van der Waals surface area contributed by atoms with E-state index in [1.165, 1.54) is 11.3 Å². The number of thiophene rings is 1. The van der Waals surface area contributed by atoms with Crippen molar-refractivity contribution < 1.29 is 4.79 Å². The third kappa shape index (κ3) is 2.74. The van der Waals surface area contributed by atoms with Crippen LogP contribution in [0.4, 0.5) is 0 Å². The monoisotopic (exact) mass is 262 g/mol. The zero-order chi connectivity index (χ0) is 13.1. The summed E-state index contributed by atoms with van der Waals surface area (Å²) >= 11 is 1.45. The van der Waals surface area contributed by atoms with E-state index in [0.29, 0.717) is 18.5 Å². The highest BCUT2D eigenvalue weighted by Crippen LogP contribution is 2.26. The second-order valence-corrected chi connectivity index (χ2v) is 5.90. The molecule has 0 aliphatic carbocycles. The van der Waals surface area contributed by atoms with Crippen molar-refractivity contribution in [2.75, 3.05) is 13.1 Å². The van der Waals surface area contributed by atoms with E-state index in [0.717, 1.165) is 22.7 Å². The third-order valence-corrected chi connectivity index (χ3v) is 4.16. The van der Waals surface area contributed by atoms with Crippen LogP contribution in [0.3, 0.4) is 0 Å². The molecule has 1 saturated heterocycles. The normalized spacial score (nSPS) is 22.7. The van der Waals surface area contributed by atoms with Gasteiger partial charge in [0.05, 0.1) is 16.3 Å². The minimum atomic E-state index is 0.137. The Morgan fingerprint density at radius 1 is 1.56 bits per heavy atom. The van der Waals surface area contributed by atoms with Crippen LogP contribution in [0.25, 0.3) is 0 Å². The lowest BCUT2D eigenvalue weighted by Gasteiger charge is -2.20. The van der Waals surface area contributed by atoms with Crippen LogP contribution in [0.2, 0.25) is 0 Å². The molecule has 96 valence electrons. The van der Waals surface area contributed by atoms with Gasteiger partial charge in [-0.05, 0) is 31.4 Å². The van der Waals surface area contributed by atoms with E-state index < -0.39 is 0 Å². The average Bonchev–Trinajstić information content (AvgIpc) is 2.92. The van der Waals surface area contributed by atoms with Crippen LogP contribution in [0, 0.1) is 17.8 Å². The number of carbonyl (C=O) groups is 1. The summed E-state index contributed by atoms with van der Waals surface area (Å²) in [6.07, 6.45) is 1.09. The van der Waals surface area contributed by atoms with Crippen molar-refractivity contribution in [2.45, 2.75) is 26.3 Å². The SMILES string of the molecule is CC1CC(C)N(C(=O)c2ccc(C#CCN)s2)C1. The fraction of sp³-hybridized carbons (Fsp3) is 0.500. The third-order valence-electron chi connectivity index (χ3n) is 3.18. The number of likely N-dealkylation sites (tertiary alicyclic amines) is 1. The molecule has 4 heteroatoms. The fourth-order valence-electron chi connectivity index (χ4n) is 2.38. The Balaban J connectivity index is 2.12. The highest BCUT2D eigenvalue weighted by molar-refractivity contribution is 7.14. The van der Waals surface area contributed by atoms with Gasteiger partial charge in [-0.2, -0.15) is 0 Å². The molecule has 0 radical (unpaired) electrons. The summed E-state index contributed by atoms with van der Waals surface area (Å²) in [6, 6.07) is 4.10. The molecule has 1 aliphatic rings. The average molecular weight is 262 g/mol. The zero-order valence-corrected chi connectivity index (χ0v) is 11.6. The second-order valence-electron chi connectivity index (χ2n) is 4.82. The molecular weight excluding hydrogens is 244 g/mol. The maximum absolute atomic E-state index is 12.4. The molecule has 1 aliphatic heterocycles. The molecule has 0 spiro atoms. The van der Waals surface area contributed by atoms with Gasteiger partial charge in [-0.3, -0.25) is 4.79 Å². The van der Waals surface area contributed by atoms with Crippen LogP contribution in [0.5, 0.6) is 0 Å². The van der Waals surface area contributed by atoms with E-state index in [2.05, 4.69) is 25.7 Å². The standard InChI is InChI=1S/C14H18N2OS/c1-10-8-11(2)16(9-10)14(17)13-6-5-12(18-13)4-3-7-15/h5-6,10-11H,7-9,15H2,1-2H3. The van der Waals surface area contributed by atoms with E-state index in [9.17, 15) is 4.79 Å². The number of nitrogens with zero attached hydrogens (tertiary/aromatic N) is 1. The molecule has 1 fully saturated rings. The summed E-state index contributed by atoms with van der Waals surface area (Å²) in [5, 5.41) is 0. The van der Waals surface area contributed by atoms with Crippen LogP contribution >= 0.6 is 11.3 Å². The van der Waals surface area contributed by atoms with Crippen LogP contribution in [-0.4, -0.2) is 29.9 Å². The van der Waals surface area contributed by atoms with E-state index in [1.54, 1.807) is 0 Å². The van der Waals surface area contributed by atoms with Gasteiger partial charge in [0, 0.05) is 12.6 Å². The number of nitrogens with two attached hydrogens (primary N) is 1. The molecule has 2 rings (SSSR count). The Morgan fingerprint density at radius 3 is 2.94 bits per heavy atom. The predicted molar refractivity (Wildman–Crippen MR) is 74.5 cm³/mol. The van der Waals surface area contributed by atoms with Crippen molar-refractivity contribution >= 4 is 17.2 Å². The van der Waals surface area contributed by atoms with Gasteiger partial charge >= 0.3 is 0 Å². The van der Waals surface area contributed by atoms with Crippen LogP contribution in [0.1, 0.15) is 34.8 Å². The van der Waals surface area contributed by atoms with Gasteiger partial charge in [-0.25, -0.2) is 0 Å². The fourth-order valence-corrected chi connectivity index (χ4v) is 3.22. The Bertz CT molecular complexity index is 497. The molecule has 2 heterocycles. The summed E-state index contributed by atoms with van der Waals surface area (Å²) in [4.78, 5) is 16.0. The Hall–Kier alpha value is -1.31. The molecule has 3 nitrogen and oxygen atoms in total.